The van der Waals surface area contributed by atoms with Gasteiger partial charge in [0, 0.05) is 13.1 Å². The lowest BCUT2D eigenvalue weighted by molar-refractivity contribution is 0.886. The first-order valence-electron chi connectivity index (χ1n) is 4.10. The van der Waals surface area contributed by atoms with Crippen molar-refractivity contribution in [2.75, 3.05) is 18.0 Å². The van der Waals surface area contributed by atoms with E-state index in [1.165, 1.54) is 12.8 Å². The molecular formula is C8H10BrN3. The van der Waals surface area contributed by atoms with Crippen LogP contribution in [0.1, 0.15) is 12.8 Å². The molecule has 1 aliphatic rings. The van der Waals surface area contributed by atoms with Crippen LogP contribution in [0.15, 0.2) is 16.7 Å². The van der Waals surface area contributed by atoms with E-state index in [2.05, 4.69) is 31.0 Å². The molecular weight excluding hydrogens is 218 g/mol. The number of nitrogens with zero attached hydrogens (tertiary/aromatic N) is 3. The molecule has 64 valence electrons. The normalized spacial score (nSPS) is 16.9. The second-order valence-corrected chi connectivity index (χ2v) is 3.72. The van der Waals surface area contributed by atoms with Crippen molar-refractivity contribution in [1.82, 2.24) is 10.2 Å². The van der Waals surface area contributed by atoms with E-state index in [0.29, 0.717) is 0 Å². The van der Waals surface area contributed by atoms with Crippen molar-refractivity contribution in [2.45, 2.75) is 12.8 Å². The van der Waals surface area contributed by atoms with Gasteiger partial charge < -0.3 is 4.90 Å². The summed E-state index contributed by atoms with van der Waals surface area (Å²) in [6.45, 7) is 2.24. The molecule has 0 amide bonds. The van der Waals surface area contributed by atoms with Gasteiger partial charge in [0.15, 0.2) is 5.82 Å². The van der Waals surface area contributed by atoms with Crippen LogP contribution in [0.3, 0.4) is 0 Å². The number of hydrogen-bond acceptors (Lipinski definition) is 3. The van der Waals surface area contributed by atoms with Gasteiger partial charge >= 0.3 is 0 Å². The zero-order chi connectivity index (χ0) is 8.39. The maximum absolute atomic E-state index is 4.09. The van der Waals surface area contributed by atoms with Gasteiger partial charge in [-0.25, -0.2) is 0 Å². The van der Waals surface area contributed by atoms with Gasteiger partial charge in [0.2, 0.25) is 0 Å². The molecule has 0 atom stereocenters. The molecule has 0 radical (unpaired) electrons. The Bertz CT molecular complexity index is 254. The maximum Gasteiger partial charge on any atom is 0.151 e. The smallest absolute Gasteiger partial charge is 0.151 e. The fraction of sp³-hybridized carbons (Fsp3) is 0.500. The van der Waals surface area contributed by atoms with E-state index in [-0.39, 0.29) is 0 Å². The van der Waals surface area contributed by atoms with Crippen molar-refractivity contribution in [3.8, 4) is 0 Å². The summed E-state index contributed by atoms with van der Waals surface area (Å²) in [4.78, 5) is 2.26. The monoisotopic (exact) mass is 227 g/mol. The molecule has 1 aromatic heterocycles. The van der Waals surface area contributed by atoms with Crippen molar-refractivity contribution in [3.63, 3.8) is 0 Å². The van der Waals surface area contributed by atoms with E-state index in [4.69, 9.17) is 0 Å². The van der Waals surface area contributed by atoms with E-state index in [1.54, 1.807) is 0 Å². The van der Waals surface area contributed by atoms with Gasteiger partial charge in [0.25, 0.3) is 0 Å². The summed E-state index contributed by atoms with van der Waals surface area (Å²) in [5.41, 5.74) is 0. The van der Waals surface area contributed by atoms with Crippen molar-refractivity contribution >= 4 is 21.7 Å². The number of aromatic nitrogens is 2. The van der Waals surface area contributed by atoms with E-state index >= 15 is 0 Å². The Morgan fingerprint density at radius 2 is 1.92 bits per heavy atom. The van der Waals surface area contributed by atoms with Crippen LogP contribution in [0.25, 0.3) is 0 Å². The van der Waals surface area contributed by atoms with Crippen LogP contribution in [-0.2, 0) is 0 Å². The van der Waals surface area contributed by atoms with Gasteiger partial charge in [-0.3, -0.25) is 0 Å². The summed E-state index contributed by atoms with van der Waals surface area (Å²) in [6.07, 6.45) is 2.55. The van der Waals surface area contributed by atoms with Crippen molar-refractivity contribution in [3.05, 3.63) is 16.7 Å². The molecule has 4 heteroatoms. The standard InChI is InChI=1S/C8H10BrN3/c9-7-3-4-8(11-10-7)12-5-1-2-6-12/h3-4H,1-2,5-6H2. The van der Waals surface area contributed by atoms with Gasteiger partial charge in [-0.15, -0.1) is 10.2 Å². The molecule has 1 saturated heterocycles. The highest BCUT2D eigenvalue weighted by atomic mass is 79.9. The molecule has 2 rings (SSSR count). The predicted molar refractivity (Wildman–Crippen MR) is 51.2 cm³/mol. The van der Waals surface area contributed by atoms with Crippen LogP contribution in [0.5, 0.6) is 0 Å². The Labute approximate surface area is 79.9 Å². The van der Waals surface area contributed by atoms with Crippen molar-refractivity contribution in [1.29, 1.82) is 0 Å². The van der Waals surface area contributed by atoms with Gasteiger partial charge in [-0.2, -0.15) is 0 Å². The molecule has 1 aromatic rings. The number of anilines is 1. The van der Waals surface area contributed by atoms with E-state index < -0.39 is 0 Å². The van der Waals surface area contributed by atoms with Crippen molar-refractivity contribution < 1.29 is 0 Å². The molecule has 0 aromatic carbocycles. The molecule has 0 N–H and O–H groups in total. The molecule has 0 saturated carbocycles. The minimum Gasteiger partial charge on any atom is -0.355 e. The molecule has 3 nitrogen and oxygen atoms in total. The lowest BCUT2D eigenvalue weighted by atomic mass is 10.4. The SMILES string of the molecule is Brc1ccc(N2CCCC2)nn1. The Balaban J connectivity index is 2.17. The molecule has 0 spiro atoms. The van der Waals surface area contributed by atoms with Gasteiger partial charge in [0.05, 0.1) is 0 Å². The van der Waals surface area contributed by atoms with Crippen molar-refractivity contribution in [2.24, 2.45) is 0 Å². The number of halogens is 1. The molecule has 0 aliphatic carbocycles. The minimum atomic E-state index is 0.797. The Morgan fingerprint density at radius 1 is 1.17 bits per heavy atom. The highest BCUT2D eigenvalue weighted by Crippen LogP contribution is 2.17. The van der Waals surface area contributed by atoms with E-state index in [9.17, 15) is 0 Å². The first kappa shape index (κ1) is 7.98. The third kappa shape index (κ3) is 1.58. The third-order valence-corrected chi connectivity index (χ3v) is 2.47. The fourth-order valence-corrected chi connectivity index (χ4v) is 1.64. The van der Waals surface area contributed by atoms with Gasteiger partial charge in [-0.1, -0.05) is 0 Å². The lowest BCUT2D eigenvalue weighted by Gasteiger charge is -2.14. The highest BCUT2D eigenvalue weighted by Gasteiger charge is 2.12. The topological polar surface area (TPSA) is 29.0 Å². The predicted octanol–water partition coefficient (Wildman–Crippen LogP) is 1.84. The maximum atomic E-state index is 4.09. The summed E-state index contributed by atoms with van der Waals surface area (Å²) in [7, 11) is 0. The second kappa shape index (κ2) is 3.39. The van der Waals surface area contributed by atoms with Crippen LogP contribution in [-0.4, -0.2) is 23.3 Å². The summed E-state index contributed by atoms with van der Waals surface area (Å²) < 4.78 is 0.797. The zero-order valence-electron chi connectivity index (χ0n) is 6.70. The van der Waals surface area contributed by atoms with E-state index in [0.717, 1.165) is 23.5 Å². The summed E-state index contributed by atoms with van der Waals surface area (Å²) in [5, 5.41) is 8.04. The largest absolute Gasteiger partial charge is 0.355 e. The Morgan fingerprint density at radius 3 is 2.50 bits per heavy atom. The quantitative estimate of drug-likeness (QED) is 0.734. The van der Waals surface area contributed by atoms with Gasteiger partial charge in [0.1, 0.15) is 4.60 Å². The van der Waals surface area contributed by atoms with Gasteiger partial charge in [-0.05, 0) is 40.9 Å². The minimum absolute atomic E-state index is 0.797. The van der Waals surface area contributed by atoms with Crippen LogP contribution < -0.4 is 4.90 Å². The Kier molecular flexibility index (Phi) is 2.26. The lowest BCUT2D eigenvalue weighted by Crippen LogP contribution is -2.19. The molecule has 2 heterocycles. The number of hydrogen-bond donors (Lipinski definition) is 0. The first-order chi connectivity index (χ1) is 5.86. The summed E-state index contributed by atoms with van der Waals surface area (Å²) in [6, 6.07) is 3.93. The molecule has 1 fully saturated rings. The van der Waals surface area contributed by atoms with Crippen LogP contribution >= 0.6 is 15.9 Å². The van der Waals surface area contributed by atoms with Crippen LogP contribution in [0.4, 0.5) is 5.82 Å². The molecule has 1 aliphatic heterocycles. The average Bonchev–Trinajstić information content (AvgIpc) is 2.58. The number of rotatable bonds is 1. The summed E-state index contributed by atoms with van der Waals surface area (Å²) >= 11 is 3.26. The second-order valence-electron chi connectivity index (χ2n) is 2.91. The summed E-state index contributed by atoms with van der Waals surface area (Å²) in [5.74, 6) is 0.996. The highest BCUT2D eigenvalue weighted by molar-refractivity contribution is 9.10. The molecule has 0 unspecified atom stereocenters. The fourth-order valence-electron chi connectivity index (χ4n) is 1.42. The molecule has 12 heavy (non-hydrogen) atoms. The van der Waals surface area contributed by atoms with Crippen LogP contribution in [0.2, 0.25) is 0 Å². The first-order valence-corrected chi connectivity index (χ1v) is 4.90. The average molecular weight is 228 g/mol. The molecule has 0 bridgehead atoms. The zero-order valence-corrected chi connectivity index (χ0v) is 8.29. The van der Waals surface area contributed by atoms with E-state index in [1.807, 2.05) is 12.1 Å². The Hall–Kier alpha value is -0.640. The van der Waals surface area contributed by atoms with Crippen LogP contribution in [0, 0.1) is 0 Å². The third-order valence-electron chi connectivity index (χ3n) is 2.05.